The number of ether oxygens (including phenoxy) is 1. The summed E-state index contributed by atoms with van der Waals surface area (Å²) in [7, 11) is 0. The van der Waals surface area contributed by atoms with Crippen molar-refractivity contribution in [3.63, 3.8) is 0 Å². The van der Waals surface area contributed by atoms with Crippen LogP contribution in [0.15, 0.2) is 30.3 Å². The van der Waals surface area contributed by atoms with Gasteiger partial charge in [0.25, 0.3) is 0 Å². The van der Waals surface area contributed by atoms with E-state index in [1.807, 2.05) is 31.2 Å². The van der Waals surface area contributed by atoms with Gasteiger partial charge in [-0.05, 0) is 66.6 Å². The summed E-state index contributed by atoms with van der Waals surface area (Å²) in [5.74, 6) is 0.439. The van der Waals surface area contributed by atoms with Crippen LogP contribution in [0.25, 0.3) is 11.1 Å². The van der Waals surface area contributed by atoms with Crippen molar-refractivity contribution in [1.82, 2.24) is 9.88 Å². The molecule has 3 fully saturated rings. The average Bonchev–Trinajstić information content (AvgIpc) is 3.38. The van der Waals surface area contributed by atoms with Crippen molar-refractivity contribution in [3.8, 4) is 11.1 Å². The lowest BCUT2D eigenvalue weighted by atomic mass is 9.99. The molecule has 1 aromatic heterocycles. The van der Waals surface area contributed by atoms with Crippen LogP contribution in [-0.4, -0.2) is 85.1 Å². The van der Waals surface area contributed by atoms with Gasteiger partial charge in [-0.1, -0.05) is 6.07 Å². The Morgan fingerprint density at radius 1 is 1.10 bits per heavy atom. The molecular formula is C28H34F3N5O4. The number of carbonyl (C=O) groups excluding carboxylic acids is 2. The molecule has 9 nitrogen and oxygen atoms in total. The van der Waals surface area contributed by atoms with Crippen LogP contribution in [0.3, 0.4) is 0 Å². The van der Waals surface area contributed by atoms with E-state index < -0.39 is 30.7 Å². The SMILES string of the molecule is Cc1ccc(NC(=O)N2CCC(CC(F)(F)F)C2)cc1-c1cc(N2CCOCC2)nc(N2C[C@H](O)CCC2=O)c1. The van der Waals surface area contributed by atoms with Gasteiger partial charge >= 0.3 is 12.2 Å². The lowest BCUT2D eigenvalue weighted by Crippen LogP contribution is -2.43. The van der Waals surface area contributed by atoms with Crippen LogP contribution in [0, 0.1) is 12.8 Å². The zero-order chi connectivity index (χ0) is 28.4. The second-order valence-electron chi connectivity index (χ2n) is 10.7. The Hall–Kier alpha value is -3.38. The molecule has 3 aliphatic rings. The number of aromatic nitrogens is 1. The minimum Gasteiger partial charge on any atom is -0.391 e. The van der Waals surface area contributed by atoms with Gasteiger partial charge in [0.2, 0.25) is 5.91 Å². The van der Waals surface area contributed by atoms with Crippen LogP contribution >= 0.6 is 0 Å². The summed E-state index contributed by atoms with van der Waals surface area (Å²) in [6.45, 7) is 4.85. The molecule has 3 amide bonds. The number of carbonyl (C=O) groups is 2. The van der Waals surface area contributed by atoms with Gasteiger partial charge in [0.05, 0.1) is 25.9 Å². The van der Waals surface area contributed by atoms with E-state index in [2.05, 4.69) is 10.2 Å². The summed E-state index contributed by atoms with van der Waals surface area (Å²) in [5.41, 5.74) is 3.05. The number of urea groups is 1. The molecule has 216 valence electrons. The Morgan fingerprint density at radius 3 is 2.60 bits per heavy atom. The van der Waals surface area contributed by atoms with Crippen LogP contribution < -0.4 is 15.1 Å². The number of anilines is 3. The van der Waals surface area contributed by atoms with Crippen molar-refractivity contribution in [2.24, 2.45) is 5.92 Å². The molecule has 3 aliphatic heterocycles. The van der Waals surface area contributed by atoms with E-state index in [9.17, 15) is 27.9 Å². The number of aliphatic hydroxyl groups excluding tert-OH is 1. The maximum absolute atomic E-state index is 12.9. The topological polar surface area (TPSA) is 98.2 Å². The predicted molar refractivity (Wildman–Crippen MR) is 144 cm³/mol. The Labute approximate surface area is 230 Å². The maximum Gasteiger partial charge on any atom is 0.389 e. The number of alkyl halides is 3. The number of nitrogens with one attached hydrogen (secondary N) is 1. The summed E-state index contributed by atoms with van der Waals surface area (Å²) in [6, 6.07) is 8.77. The van der Waals surface area contributed by atoms with Crippen molar-refractivity contribution < 1.29 is 32.6 Å². The zero-order valence-electron chi connectivity index (χ0n) is 22.4. The van der Waals surface area contributed by atoms with Crippen LogP contribution in [0.2, 0.25) is 0 Å². The highest BCUT2D eigenvalue weighted by atomic mass is 19.4. The number of morpholine rings is 1. The number of rotatable bonds is 5. The number of pyridine rings is 1. The number of hydrogen-bond donors (Lipinski definition) is 2. The molecule has 2 N–H and O–H groups in total. The van der Waals surface area contributed by atoms with E-state index in [0.717, 1.165) is 16.7 Å². The molecule has 2 atom stereocenters. The summed E-state index contributed by atoms with van der Waals surface area (Å²) >= 11 is 0. The van der Waals surface area contributed by atoms with E-state index in [1.54, 1.807) is 6.07 Å². The normalized spacial score (nSPS) is 22.1. The smallest absolute Gasteiger partial charge is 0.389 e. The van der Waals surface area contributed by atoms with Gasteiger partial charge in [-0.25, -0.2) is 9.78 Å². The minimum absolute atomic E-state index is 0.0659. The number of β-amino-alcohol motifs (C(OH)–C–C–N with tert-alkyl or cyclic N) is 1. The number of nitrogens with zero attached hydrogens (tertiary/aromatic N) is 4. The molecule has 0 spiro atoms. The molecule has 40 heavy (non-hydrogen) atoms. The van der Waals surface area contributed by atoms with Crippen molar-refractivity contribution in [2.45, 2.75) is 44.9 Å². The first-order valence-corrected chi connectivity index (χ1v) is 13.6. The third-order valence-corrected chi connectivity index (χ3v) is 7.69. The fourth-order valence-electron chi connectivity index (χ4n) is 5.52. The highest BCUT2D eigenvalue weighted by molar-refractivity contribution is 5.95. The predicted octanol–water partition coefficient (Wildman–Crippen LogP) is 4.19. The molecule has 5 rings (SSSR count). The van der Waals surface area contributed by atoms with E-state index in [4.69, 9.17) is 9.72 Å². The van der Waals surface area contributed by atoms with Crippen LogP contribution in [0.5, 0.6) is 0 Å². The van der Waals surface area contributed by atoms with Gasteiger partial charge in [-0.3, -0.25) is 9.69 Å². The molecule has 4 heterocycles. The molecule has 0 aliphatic carbocycles. The molecule has 0 saturated carbocycles. The number of aliphatic hydroxyl groups is 1. The number of aryl methyl sites for hydroxylation is 1. The van der Waals surface area contributed by atoms with Gasteiger partial charge in [0, 0.05) is 44.7 Å². The summed E-state index contributed by atoms with van der Waals surface area (Å²) in [6.07, 6.45) is -4.79. The quantitative estimate of drug-likeness (QED) is 0.568. The van der Waals surface area contributed by atoms with Gasteiger partial charge in [-0.2, -0.15) is 13.2 Å². The highest BCUT2D eigenvalue weighted by Gasteiger charge is 2.36. The molecule has 12 heteroatoms. The third kappa shape index (κ3) is 6.67. The van der Waals surface area contributed by atoms with Gasteiger partial charge < -0.3 is 25.0 Å². The first-order valence-electron chi connectivity index (χ1n) is 13.6. The number of likely N-dealkylation sites (tertiary alicyclic amines) is 1. The van der Waals surface area contributed by atoms with Gasteiger partial charge in [-0.15, -0.1) is 0 Å². The third-order valence-electron chi connectivity index (χ3n) is 7.69. The minimum atomic E-state index is -4.25. The fourth-order valence-corrected chi connectivity index (χ4v) is 5.52. The number of halogens is 3. The Bertz CT molecular complexity index is 1250. The van der Waals surface area contributed by atoms with E-state index in [1.165, 1.54) is 9.80 Å². The molecule has 2 aromatic rings. The zero-order valence-corrected chi connectivity index (χ0v) is 22.4. The summed E-state index contributed by atoms with van der Waals surface area (Å²) in [4.78, 5) is 35.5. The van der Waals surface area contributed by atoms with Gasteiger partial charge in [0.15, 0.2) is 0 Å². The lowest BCUT2D eigenvalue weighted by molar-refractivity contribution is -0.143. The van der Waals surface area contributed by atoms with Crippen molar-refractivity contribution >= 4 is 29.3 Å². The molecule has 3 saturated heterocycles. The number of piperidine rings is 1. The van der Waals surface area contributed by atoms with Crippen molar-refractivity contribution in [3.05, 3.63) is 35.9 Å². The Balaban J connectivity index is 1.41. The number of amides is 3. The summed E-state index contributed by atoms with van der Waals surface area (Å²) in [5, 5.41) is 13.1. The highest BCUT2D eigenvalue weighted by Crippen LogP contribution is 2.34. The lowest BCUT2D eigenvalue weighted by Gasteiger charge is -2.32. The second kappa shape index (κ2) is 11.6. The Morgan fingerprint density at radius 2 is 1.85 bits per heavy atom. The molecular weight excluding hydrogens is 527 g/mol. The van der Waals surface area contributed by atoms with Crippen LogP contribution in [0.1, 0.15) is 31.2 Å². The van der Waals surface area contributed by atoms with E-state index >= 15 is 0 Å². The molecule has 0 bridgehead atoms. The largest absolute Gasteiger partial charge is 0.391 e. The first-order chi connectivity index (χ1) is 19.1. The number of benzene rings is 1. The van der Waals surface area contributed by atoms with Crippen LogP contribution in [0.4, 0.5) is 35.3 Å². The average molecular weight is 562 g/mol. The Kier molecular flexibility index (Phi) is 8.18. The van der Waals surface area contributed by atoms with E-state index in [-0.39, 0.29) is 32.0 Å². The van der Waals surface area contributed by atoms with Crippen LogP contribution in [-0.2, 0) is 9.53 Å². The van der Waals surface area contributed by atoms with Gasteiger partial charge in [0.1, 0.15) is 11.6 Å². The maximum atomic E-state index is 12.9. The van der Waals surface area contributed by atoms with E-state index in [0.29, 0.717) is 56.5 Å². The second-order valence-corrected chi connectivity index (χ2v) is 10.7. The van der Waals surface area contributed by atoms with Crippen molar-refractivity contribution in [2.75, 3.05) is 61.1 Å². The van der Waals surface area contributed by atoms with Crippen molar-refractivity contribution in [1.29, 1.82) is 0 Å². The monoisotopic (exact) mass is 561 g/mol. The number of hydrogen-bond acceptors (Lipinski definition) is 6. The molecule has 1 unspecified atom stereocenters. The molecule has 0 radical (unpaired) electrons. The fraction of sp³-hybridized carbons (Fsp3) is 0.536. The molecule has 1 aromatic carbocycles. The first kappa shape index (κ1) is 28.2. The standard InChI is InChI=1S/C28H34F3N5O4/c1-18-2-3-21(32-27(39)35-7-6-19(16-35)15-28(29,30)31)14-23(18)20-12-24(34-8-10-40-11-9-34)33-25(13-20)36-17-22(37)4-5-26(36)38/h2-3,12-14,19,22,37H,4-11,15-17H2,1H3,(H,32,39)/t19?,22-/m1/s1. The summed E-state index contributed by atoms with van der Waals surface area (Å²) < 4.78 is 43.9.